The molecule has 0 aliphatic heterocycles. The van der Waals surface area contributed by atoms with Gasteiger partial charge in [-0.2, -0.15) is 0 Å². The molecule has 1 heterocycles. The minimum Gasteiger partial charge on any atom is -0.336 e. The Bertz CT molecular complexity index is 294. The van der Waals surface area contributed by atoms with Gasteiger partial charge in [0.25, 0.3) is 0 Å². The molecule has 3 atom stereocenters. The van der Waals surface area contributed by atoms with Gasteiger partial charge in [-0.3, -0.25) is 0 Å². The predicted octanol–water partition coefficient (Wildman–Crippen LogP) is 2.30. The first kappa shape index (κ1) is 11.6. The average Bonchev–Trinajstić information content (AvgIpc) is 2.77. The summed E-state index contributed by atoms with van der Waals surface area (Å²) in [6.45, 7) is 6.85. The number of imidazole rings is 1. The smallest absolute Gasteiger partial charge is 0.0946 e. The molecule has 0 aromatic carbocycles. The first-order valence-corrected chi connectivity index (χ1v) is 6.46. The zero-order chi connectivity index (χ0) is 11.4. The number of rotatable bonds is 4. The van der Waals surface area contributed by atoms with Gasteiger partial charge in [-0.1, -0.05) is 26.7 Å². The van der Waals surface area contributed by atoms with Gasteiger partial charge in [0.05, 0.1) is 6.33 Å². The third kappa shape index (κ3) is 2.85. The molecule has 3 heteroatoms. The van der Waals surface area contributed by atoms with Crippen molar-refractivity contribution in [1.29, 1.82) is 0 Å². The van der Waals surface area contributed by atoms with Crippen molar-refractivity contribution in [3.05, 3.63) is 18.7 Å². The van der Waals surface area contributed by atoms with Crippen LogP contribution in [-0.4, -0.2) is 22.1 Å². The summed E-state index contributed by atoms with van der Waals surface area (Å²) in [7, 11) is 0. The normalized spacial score (nSPS) is 30.5. The highest BCUT2D eigenvalue weighted by Gasteiger charge is 2.26. The molecule has 1 aromatic rings. The molecule has 0 bridgehead atoms. The zero-order valence-corrected chi connectivity index (χ0v) is 10.4. The molecule has 1 fully saturated rings. The maximum Gasteiger partial charge on any atom is 0.0946 e. The molecule has 1 aliphatic carbocycles. The Morgan fingerprint density at radius 3 is 3.00 bits per heavy atom. The Labute approximate surface area is 98.3 Å². The van der Waals surface area contributed by atoms with Crippen molar-refractivity contribution in [1.82, 2.24) is 14.9 Å². The van der Waals surface area contributed by atoms with Gasteiger partial charge in [-0.15, -0.1) is 0 Å². The molecule has 16 heavy (non-hydrogen) atoms. The van der Waals surface area contributed by atoms with E-state index in [4.69, 9.17) is 0 Å². The van der Waals surface area contributed by atoms with Gasteiger partial charge >= 0.3 is 0 Å². The monoisotopic (exact) mass is 221 g/mol. The number of hydrogen-bond acceptors (Lipinski definition) is 2. The molecule has 1 aromatic heterocycles. The van der Waals surface area contributed by atoms with E-state index in [-0.39, 0.29) is 0 Å². The Kier molecular flexibility index (Phi) is 3.99. The Balaban J connectivity index is 1.73. The lowest BCUT2D eigenvalue weighted by Gasteiger charge is -2.34. The third-order valence-electron chi connectivity index (χ3n) is 4.04. The van der Waals surface area contributed by atoms with Gasteiger partial charge in [0.2, 0.25) is 0 Å². The SMILES string of the molecule is CC1CCCC(NCCn2ccnc2)C1C. The van der Waals surface area contributed by atoms with E-state index >= 15 is 0 Å². The fourth-order valence-electron chi connectivity index (χ4n) is 2.67. The van der Waals surface area contributed by atoms with Gasteiger partial charge < -0.3 is 9.88 Å². The molecule has 0 radical (unpaired) electrons. The van der Waals surface area contributed by atoms with Crippen LogP contribution in [0.15, 0.2) is 18.7 Å². The molecule has 1 aliphatic rings. The van der Waals surface area contributed by atoms with E-state index in [0.717, 1.165) is 24.9 Å². The fraction of sp³-hybridized carbons (Fsp3) is 0.769. The molecule has 1 N–H and O–H groups in total. The number of hydrogen-bond donors (Lipinski definition) is 1. The van der Waals surface area contributed by atoms with Gasteiger partial charge in [0.1, 0.15) is 0 Å². The number of aromatic nitrogens is 2. The molecule has 0 saturated heterocycles. The van der Waals surface area contributed by atoms with Crippen LogP contribution < -0.4 is 5.32 Å². The average molecular weight is 221 g/mol. The topological polar surface area (TPSA) is 29.9 Å². The highest BCUT2D eigenvalue weighted by Crippen LogP contribution is 2.29. The molecular formula is C13H23N3. The van der Waals surface area contributed by atoms with E-state index in [1.165, 1.54) is 19.3 Å². The molecular weight excluding hydrogens is 198 g/mol. The van der Waals surface area contributed by atoms with Crippen molar-refractivity contribution in [3.63, 3.8) is 0 Å². The Hall–Kier alpha value is -0.830. The van der Waals surface area contributed by atoms with Crippen molar-refractivity contribution in [3.8, 4) is 0 Å². The summed E-state index contributed by atoms with van der Waals surface area (Å²) in [5.74, 6) is 1.69. The van der Waals surface area contributed by atoms with Crippen LogP contribution in [0.3, 0.4) is 0 Å². The van der Waals surface area contributed by atoms with Crippen LogP contribution >= 0.6 is 0 Å². The minimum absolute atomic E-state index is 0.715. The molecule has 3 unspecified atom stereocenters. The predicted molar refractivity (Wildman–Crippen MR) is 66.2 cm³/mol. The van der Waals surface area contributed by atoms with Crippen LogP contribution in [0.25, 0.3) is 0 Å². The highest BCUT2D eigenvalue weighted by molar-refractivity contribution is 4.82. The van der Waals surface area contributed by atoms with E-state index in [9.17, 15) is 0 Å². The summed E-state index contributed by atoms with van der Waals surface area (Å²) < 4.78 is 2.13. The maximum absolute atomic E-state index is 4.05. The lowest BCUT2D eigenvalue weighted by molar-refractivity contribution is 0.206. The first-order valence-electron chi connectivity index (χ1n) is 6.46. The lowest BCUT2D eigenvalue weighted by atomic mass is 9.78. The molecule has 3 nitrogen and oxygen atoms in total. The van der Waals surface area contributed by atoms with Crippen LogP contribution in [0, 0.1) is 11.8 Å². The van der Waals surface area contributed by atoms with E-state index in [1.807, 2.05) is 18.7 Å². The van der Waals surface area contributed by atoms with Crippen molar-refractivity contribution in [2.24, 2.45) is 11.8 Å². The Morgan fingerprint density at radius 2 is 2.25 bits per heavy atom. The van der Waals surface area contributed by atoms with Crippen LogP contribution in [0.5, 0.6) is 0 Å². The van der Waals surface area contributed by atoms with Crippen molar-refractivity contribution >= 4 is 0 Å². The number of nitrogens with one attached hydrogen (secondary N) is 1. The van der Waals surface area contributed by atoms with Gasteiger partial charge in [-0.05, 0) is 18.3 Å². The second-order valence-electron chi connectivity index (χ2n) is 5.13. The summed E-state index contributed by atoms with van der Waals surface area (Å²) in [6.07, 6.45) is 9.87. The van der Waals surface area contributed by atoms with E-state index in [0.29, 0.717) is 6.04 Å². The molecule has 90 valence electrons. The maximum atomic E-state index is 4.05. The van der Waals surface area contributed by atoms with Gasteiger partial charge in [0.15, 0.2) is 0 Å². The summed E-state index contributed by atoms with van der Waals surface area (Å²) >= 11 is 0. The largest absolute Gasteiger partial charge is 0.336 e. The third-order valence-corrected chi connectivity index (χ3v) is 4.04. The lowest BCUT2D eigenvalue weighted by Crippen LogP contribution is -2.41. The summed E-state index contributed by atoms with van der Waals surface area (Å²) in [6, 6.07) is 0.715. The highest BCUT2D eigenvalue weighted by atomic mass is 15.0. The fourth-order valence-corrected chi connectivity index (χ4v) is 2.67. The van der Waals surface area contributed by atoms with Crippen molar-refractivity contribution in [2.75, 3.05) is 6.54 Å². The van der Waals surface area contributed by atoms with Crippen LogP contribution in [0.1, 0.15) is 33.1 Å². The van der Waals surface area contributed by atoms with E-state index in [1.54, 1.807) is 0 Å². The summed E-state index contributed by atoms with van der Waals surface area (Å²) in [5, 5.41) is 3.69. The molecule has 0 spiro atoms. The van der Waals surface area contributed by atoms with Gasteiger partial charge in [-0.25, -0.2) is 4.98 Å². The standard InChI is InChI=1S/C13H23N3/c1-11-4-3-5-13(12(11)2)15-7-9-16-8-6-14-10-16/h6,8,10-13,15H,3-5,7,9H2,1-2H3. The van der Waals surface area contributed by atoms with Gasteiger partial charge in [0, 0.05) is 31.5 Å². The quantitative estimate of drug-likeness (QED) is 0.845. The number of nitrogens with zero attached hydrogens (tertiary/aromatic N) is 2. The minimum atomic E-state index is 0.715. The van der Waals surface area contributed by atoms with E-state index in [2.05, 4.69) is 28.7 Å². The molecule has 0 amide bonds. The van der Waals surface area contributed by atoms with Crippen LogP contribution in [0.2, 0.25) is 0 Å². The van der Waals surface area contributed by atoms with Crippen LogP contribution in [0.4, 0.5) is 0 Å². The van der Waals surface area contributed by atoms with Crippen molar-refractivity contribution < 1.29 is 0 Å². The summed E-state index contributed by atoms with van der Waals surface area (Å²) in [4.78, 5) is 4.05. The summed E-state index contributed by atoms with van der Waals surface area (Å²) in [5.41, 5.74) is 0. The molecule has 2 rings (SSSR count). The van der Waals surface area contributed by atoms with Crippen LogP contribution in [-0.2, 0) is 6.54 Å². The Morgan fingerprint density at radius 1 is 1.38 bits per heavy atom. The second-order valence-corrected chi connectivity index (χ2v) is 5.13. The van der Waals surface area contributed by atoms with Crippen molar-refractivity contribution in [2.45, 2.75) is 45.7 Å². The first-order chi connectivity index (χ1) is 7.77. The van der Waals surface area contributed by atoms with E-state index < -0.39 is 0 Å². The zero-order valence-electron chi connectivity index (χ0n) is 10.4. The molecule has 1 saturated carbocycles. The second kappa shape index (κ2) is 5.48.